The maximum absolute atomic E-state index is 14.6. The first-order chi connectivity index (χ1) is 33.0. The summed E-state index contributed by atoms with van der Waals surface area (Å²) in [5, 5.41) is 27.9. The molecule has 0 aliphatic carbocycles. The van der Waals surface area contributed by atoms with Crippen molar-refractivity contribution in [2.24, 2.45) is 29.0 Å². The van der Waals surface area contributed by atoms with Crippen LogP contribution in [-0.2, 0) is 59.2 Å². The molecular weight excluding hydrogens is 931 g/mol. The van der Waals surface area contributed by atoms with Crippen LogP contribution in [0.1, 0.15) is 104 Å². The molecule has 0 saturated carbocycles. The Balaban J connectivity index is 2.64. The average Bonchev–Trinajstić information content (AvgIpc) is 3.29. The van der Waals surface area contributed by atoms with Crippen molar-refractivity contribution in [3.8, 4) is 5.75 Å². The molecule has 0 radical (unpaired) electrons. The third-order valence-corrected chi connectivity index (χ3v) is 12.3. The van der Waals surface area contributed by atoms with Crippen molar-refractivity contribution >= 4 is 76.7 Å². The fraction of sp³-hybridized carbons (Fsp3) is 0.630. The SMILES string of the molecule is CCCCCN(CC(=O)NC(CC(C)C)C(=O)NCC(N)=O)C(=O)C1CCSCCC(=O)NC(Cc2ccc(O)cc2)C(=O)NC(C(C)CC)C(=O)NC(CCC(N)=O)C(=O)NC(CC(N)=O)C(=O)N1. The number of thioether (sulfide) groups is 1. The minimum absolute atomic E-state index is 0.0241. The van der Waals surface area contributed by atoms with E-state index in [1.54, 1.807) is 26.0 Å². The van der Waals surface area contributed by atoms with E-state index in [1.807, 2.05) is 20.8 Å². The summed E-state index contributed by atoms with van der Waals surface area (Å²) in [6, 6.07) is -2.32. The zero-order chi connectivity index (χ0) is 52.5. The van der Waals surface area contributed by atoms with Crippen LogP contribution in [0.25, 0.3) is 0 Å². The predicted octanol–water partition coefficient (Wildman–Crippen LogP) is -1.78. The number of nitrogens with one attached hydrogen (secondary N) is 7. The maximum Gasteiger partial charge on any atom is 0.245 e. The minimum Gasteiger partial charge on any atom is -0.508 e. The second kappa shape index (κ2) is 30.9. The highest BCUT2D eigenvalue weighted by molar-refractivity contribution is 7.99. The number of primary amides is 3. The van der Waals surface area contributed by atoms with Crippen LogP contribution >= 0.6 is 11.8 Å². The van der Waals surface area contributed by atoms with Crippen molar-refractivity contribution in [1.82, 2.24) is 42.1 Å². The van der Waals surface area contributed by atoms with Gasteiger partial charge in [0.25, 0.3) is 0 Å². The van der Waals surface area contributed by atoms with Crippen molar-refractivity contribution in [2.75, 3.05) is 31.1 Å². The molecule has 1 heterocycles. The van der Waals surface area contributed by atoms with E-state index in [1.165, 1.54) is 28.8 Å². The number of carbonyl (C=O) groups excluding carboxylic acids is 11. The maximum atomic E-state index is 14.6. The Morgan fingerprint density at radius 2 is 1.43 bits per heavy atom. The highest BCUT2D eigenvalue weighted by atomic mass is 32.2. The summed E-state index contributed by atoms with van der Waals surface area (Å²) in [5.74, 6) is -9.29. The molecule has 1 fully saturated rings. The van der Waals surface area contributed by atoms with Gasteiger partial charge in [-0.2, -0.15) is 11.8 Å². The van der Waals surface area contributed by atoms with Gasteiger partial charge in [-0.25, -0.2) is 0 Å². The lowest BCUT2D eigenvalue weighted by Crippen LogP contribution is -2.61. The summed E-state index contributed by atoms with van der Waals surface area (Å²) in [6.45, 7) is 8.02. The Morgan fingerprint density at radius 3 is 2.03 bits per heavy atom. The third kappa shape index (κ3) is 22.3. The number of amides is 11. The molecule has 7 atom stereocenters. The number of nitrogens with two attached hydrogens (primary N) is 3. The molecule has 390 valence electrons. The van der Waals surface area contributed by atoms with Crippen molar-refractivity contribution in [3.05, 3.63) is 29.8 Å². The molecule has 11 amide bonds. The lowest BCUT2D eigenvalue weighted by Gasteiger charge is -2.30. The summed E-state index contributed by atoms with van der Waals surface area (Å²) in [6.07, 6.45) is 0.569. The van der Waals surface area contributed by atoms with Crippen LogP contribution < -0.4 is 54.4 Å². The predicted molar refractivity (Wildman–Crippen MR) is 259 cm³/mol. The van der Waals surface area contributed by atoms with Crippen LogP contribution in [0.2, 0.25) is 0 Å². The highest BCUT2D eigenvalue weighted by Gasteiger charge is 2.36. The molecule has 23 nitrogen and oxygen atoms in total. The average molecular weight is 1000 g/mol. The number of unbranched alkanes of at least 4 members (excludes halogenated alkanes) is 2. The van der Waals surface area contributed by atoms with E-state index in [0.29, 0.717) is 24.8 Å². The first kappa shape index (κ1) is 59.7. The van der Waals surface area contributed by atoms with Crippen molar-refractivity contribution < 1.29 is 57.8 Å². The normalized spacial score (nSPS) is 20.8. The van der Waals surface area contributed by atoms with E-state index >= 15 is 0 Å². The first-order valence-corrected chi connectivity index (χ1v) is 24.8. The van der Waals surface area contributed by atoms with Crippen LogP contribution in [0.15, 0.2) is 24.3 Å². The van der Waals surface area contributed by atoms with Gasteiger partial charge in [0.2, 0.25) is 65.0 Å². The van der Waals surface area contributed by atoms with Gasteiger partial charge >= 0.3 is 0 Å². The lowest BCUT2D eigenvalue weighted by atomic mass is 9.96. The largest absolute Gasteiger partial charge is 0.508 e. The van der Waals surface area contributed by atoms with E-state index < -0.39 is 133 Å². The monoisotopic (exact) mass is 1000 g/mol. The second-order valence-corrected chi connectivity index (χ2v) is 19.0. The molecule has 1 saturated heterocycles. The summed E-state index contributed by atoms with van der Waals surface area (Å²) in [4.78, 5) is 148. The Morgan fingerprint density at radius 1 is 0.786 bits per heavy atom. The zero-order valence-electron chi connectivity index (χ0n) is 40.8. The number of hydrogen-bond donors (Lipinski definition) is 11. The molecule has 14 N–H and O–H groups in total. The van der Waals surface area contributed by atoms with Crippen LogP contribution in [0.4, 0.5) is 0 Å². The van der Waals surface area contributed by atoms with Gasteiger partial charge in [-0.05, 0) is 61.0 Å². The molecule has 2 rings (SSSR count). The van der Waals surface area contributed by atoms with Crippen LogP contribution in [-0.4, -0.2) is 142 Å². The Labute approximate surface area is 412 Å². The van der Waals surface area contributed by atoms with E-state index in [9.17, 15) is 57.8 Å². The molecular formula is C46H73N11O12S. The number of phenols is 1. The van der Waals surface area contributed by atoms with E-state index in [4.69, 9.17) is 17.2 Å². The number of hydrogen-bond acceptors (Lipinski definition) is 13. The molecule has 1 aromatic rings. The van der Waals surface area contributed by atoms with Crippen molar-refractivity contribution in [3.63, 3.8) is 0 Å². The Kier molecular flexibility index (Phi) is 26.3. The number of benzene rings is 1. The van der Waals surface area contributed by atoms with Crippen LogP contribution in [0.3, 0.4) is 0 Å². The summed E-state index contributed by atoms with van der Waals surface area (Å²) >= 11 is 1.23. The Bertz CT molecular complexity index is 1990. The standard InChI is InChI=1S/C46H73N11O12S/c1-6-8-9-18-57(25-39(63)52-32(21-26(3)4)41(64)50-24-37(49)61)46(69)31-16-19-70-20-17-38(62)51-33(22-28-10-12-29(58)13-11-28)44(67)56-40(27(5)7-2)45(68)53-30(14-15-35(47)59)42(65)55-34(23-36(48)60)43(66)54-31/h10-13,26-27,30-34,40,58H,6-9,14-25H2,1-5H3,(H2,47,59)(H2,48,60)(H2,49,61)(H,50,64)(H,51,62)(H,52,63)(H,53,68)(H,54,66)(H,55,65)(H,56,67). The van der Waals surface area contributed by atoms with Gasteiger partial charge in [0, 0.05) is 31.6 Å². The molecule has 24 heteroatoms. The van der Waals surface area contributed by atoms with Gasteiger partial charge in [0.1, 0.15) is 42.0 Å². The zero-order valence-corrected chi connectivity index (χ0v) is 41.6. The second-order valence-electron chi connectivity index (χ2n) is 17.8. The molecule has 0 bridgehead atoms. The molecule has 1 aliphatic rings. The minimum atomic E-state index is -1.73. The van der Waals surface area contributed by atoms with Gasteiger partial charge in [-0.1, -0.05) is 66.0 Å². The fourth-order valence-corrected chi connectivity index (χ4v) is 8.19. The van der Waals surface area contributed by atoms with Crippen molar-refractivity contribution in [1.29, 1.82) is 0 Å². The Hall–Kier alpha value is -6.46. The smallest absolute Gasteiger partial charge is 0.245 e. The third-order valence-electron chi connectivity index (χ3n) is 11.3. The summed E-state index contributed by atoms with van der Waals surface area (Å²) < 4.78 is 0. The van der Waals surface area contributed by atoms with Crippen LogP contribution in [0, 0.1) is 11.8 Å². The van der Waals surface area contributed by atoms with Gasteiger partial charge in [0.15, 0.2) is 0 Å². The van der Waals surface area contributed by atoms with Crippen LogP contribution in [0.5, 0.6) is 5.75 Å². The highest BCUT2D eigenvalue weighted by Crippen LogP contribution is 2.16. The quantitative estimate of drug-likeness (QED) is 0.0574. The first-order valence-electron chi connectivity index (χ1n) is 23.6. The number of phenolic OH excluding ortho intramolecular Hbond substituents is 1. The number of aromatic hydroxyl groups is 1. The van der Waals surface area contributed by atoms with E-state index in [-0.39, 0.29) is 61.8 Å². The molecule has 70 heavy (non-hydrogen) atoms. The van der Waals surface area contributed by atoms with Gasteiger partial charge in [-0.15, -0.1) is 0 Å². The molecule has 0 spiro atoms. The molecule has 0 aromatic heterocycles. The summed E-state index contributed by atoms with van der Waals surface area (Å²) in [5.41, 5.74) is 16.7. The number of carbonyl (C=O) groups is 11. The van der Waals surface area contributed by atoms with E-state index in [2.05, 4.69) is 37.2 Å². The molecule has 1 aliphatic heterocycles. The molecule has 1 aromatic carbocycles. The van der Waals surface area contributed by atoms with Gasteiger partial charge in [0.05, 0.1) is 19.5 Å². The summed E-state index contributed by atoms with van der Waals surface area (Å²) in [7, 11) is 0. The molecule has 7 unspecified atom stereocenters. The fourth-order valence-electron chi connectivity index (χ4n) is 7.25. The number of nitrogens with zero attached hydrogens (tertiary/aromatic N) is 1. The topological polar surface area (TPSA) is 374 Å². The lowest BCUT2D eigenvalue weighted by molar-refractivity contribution is -0.141. The number of rotatable bonds is 22. The van der Waals surface area contributed by atoms with Gasteiger partial charge < -0.3 is 64.4 Å². The van der Waals surface area contributed by atoms with Gasteiger partial charge in [-0.3, -0.25) is 52.7 Å². The van der Waals surface area contributed by atoms with Crippen molar-refractivity contribution in [2.45, 2.75) is 141 Å². The van der Waals surface area contributed by atoms with E-state index in [0.717, 1.165) is 6.42 Å².